The molecule has 0 atom stereocenters. The molecular weight excluding hydrogens is 268 g/mol. The highest BCUT2D eigenvalue weighted by Crippen LogP contribution is 2.24. The fourth-order valence-electron chi connectivity index (χ4n) is 2.70. The van der Waals surface area contributed by atoms with Crippen molar-refractivity contribution in [2.24, 2.45) is 0 Å². The van der Waals surface area contributed by atoms with E-state index >= 15 is 0 Å². The number of hydrogen-bond acceptors (Lipinski definition) is 5. The van der Waals surface area contributed by atoms with Gasteiger partial charge in [0.2, 0.25) is 0 Å². The first kappa shape index (κ1) is 14.1. The second kappa shape index (κ2) is 5.85. The quantitative estimate of drug-likeness (QED) is 0.808. The predicted molar refractivity (Wildman–Crippen MR) is 79.3 cm³/mol. The number of benzene rings is 1. The number of aromatic nitrogens is 1. The van der Waals surface area contributed by atoms with Gasteiger partial charge in [0, 0.05) is 20.0 Å². The molecule has 0 fully saturated rings. The van der Waals surface area contributed by atoms with E-state index in [1.54, 1.807) is 0 Å². The minimum atomic E-state index is -0.276. The third-order valence-corrected chi connectivity index (χ3v) is 3.90. The van der Waals surface area contributed by atoms with Gasteiger partial charge in [-0.05, 0) is 43.1 Å². The van der Waals surface area contributed by atoms with Crippen molar-refractivity contribution in [3.05, 3.63) is 29.2 Å². The number of fused-ring (bicyclic) bond motifs is 2. The van der Waals surface area contributed by atoms with Crippen LogP contribution in [0.4, 0.5) is 0 Å². The van der Waals surface area contributed by atoms with Crippen molar-refractivity contribution in [3.8, 4) is 0 Å². The summed E-state index contributed by atoms with van der Waals surface area (Å²) < 4.78 is 10.7. The fraction of sp³-hybridized carbons (Fsp3) is 0.500. The lowest BCUT2D eigenvalue weighted by Gasteiger charge is -2.10. The van der Waals surface area contributed by atoms with Gasteiger partial charge in [-0.25, -0.2) is 4.98 Å². The summed E-state index contributed by atoms with van der Waals surface area (Å²) in [6.45, 7) is 3.87. The number of nitrogens with zero attached hydrogens (tertiary/aromatic N) is 2. The minimum absolute atomic E-state index is 0.276. The van der Waals surface area contributed by atoms with Gasteiger partial charge in [0.25, 0.3) is 0 Å². The van der Waals surface area contributed by atoms with E-state index in [0.29, 0.717) is 18.9 Å². The van der Waals surface area contributed by atoms with Crippen LogP contribution < -0.4 is 0 Å². The van der Waals surface area contributed by atoms with Gasteiger partial charge in [-0.3, -0.25) is 4.79 Å². The molecule has 0 saturated heterocycles. The first-order chi connectivity index (χ1) is 10.1. The molecule has 5 heteroatoms. The number of likely N-dealkylation sites (N-methyl/N-ethyl adjacent to an activating group) is 1. The lowest BCUT2D eigenvalue weighted by Crippen LogP contribution is -2.20. The monoisotopic (exact) mass is 288 g/mol. The first-order valence-corrected chi connectivity index (χ1v) is 7.35. The molecule has 21 heavy (non-hydrogen) atoms. The van der Waals surface area contributed by atoms with Gasteiger partial charge in [0.05, 0.1) is 13.0 Å². The van der Waals surface area contributed by atoms with Crippen molar-refractivity contribution in [2.75, 3.05) is 26.7 Å². The zero-order chi connectivity index (χ0) is 14.8. The van der Waals surface area contributed by atoms with E-state index < -0.39 is 0 Å². The smallest absolute Gasteiger partial charge is 0.302 e. The molecule has 3 rings (SSSR count). The van der Waals surface area contributed by atoms with Crippen LogP contribution in [0.15, 0.2) is 16.5 Å². The zero-order valence-electron chi connectivity index (χ0n) is 12.5. The Labute approximate surface area is 123 Å². The molecule has 0 amide bonds. The summed E-state index contributed by atoms with van der Waals surface area (Å²) >= 11 is 0. The van der Waals surface area contributed by atoms with Gasteiger partial charge >= 0.3 is 5.97 Å². The van der Waals surface area contributed by atoms with Crippen molar-refractivity contribution >= 4 is 17.1 Å². The summed E-state index contributed by atoms with van der Waals surface area (Å²) in [6, 6.07) is 4.26. The normalized spacial score (nSPS) is 15.7. The van der Waals surface area contributed by atoms with E-state index in [0.717, 1.165) is 37.0 Å². The van der Waals surface area contributed by atoms with Crippen molar-refractivity contribution in [2.45, 2.75) is 26.2 Å². The molecule has 0 unspecified atom stereocenters. The Hall–Kier alpha value is -1.88. The Morgan fingerprint density at radius 3 is 2.76 bits per heavy atom. The van der Waals surface area contributed by atoms with Crippen LogP contribution in [-0.4, -0.2) is 42.6 Å². The summed E-state index contributed by atoms with van der Waals surface area (Å²) in [5.74, 6) is 0.352. The molecule has 112 valence electrons. The molecule has 0 aliphatic carbocycles. The summed E-state index contributed by atoms with van der Waals surface area (Å²) in [6.07, 6.45) is 2.62. The van der Waals surface area contributed by atoms with Crippen LogP contribution in [0.1, 0.15) is 23.9 Å². The van der Waals surface area contributed by atoms with E-state index in [4.69, 9.17) is 9.15 Å². The second-order valence-electron chi connectivity index (χ2n) is 5.59. The standard InChI is InChI=1S/C16H20N2O3/c1-11(19)20-8-5-16-17-14-9-12-3-6-18(2)7-4-13(12)10-15(14)21-16/h9-10H,3-8H2,1-2H3. The SMILES string of the molecule is CC(=O)OCCc1nc2cc3c(cc2o1)CCN(C)CC3. The molecule has 1 aliphatic heterocycles. The molecule has 1 aromatic carbocycles. The highest BCUT2D eigenvalue weighted by Gasteiger charge is 2.15. The largest absolute Gasteiger partial charge is 0.465 e. The zero-order valence-corrected chi connectivity index (χ0v) is 12.5. The highest BCUT2D eigenvalue weighted by atomic mass is 16.5. The second-order valence-corrected chi connectivity index (χ2v) is 5.59. The van der Waals surface area contributed by atoms with Crippen LogP contribution in [0.3, 0.4) is 0 Å². The third-order valence-electron chi connectivity index (χ3n) is 3.90. The molecule has 5 nitrogen and oxygen atoms in total. The van der Waals surface area contributed by atoms with Gasteiger partial charge in [-0.1, -0.05) is 0 Å². The van der Waals surface area contributed by atoms with Gasteiger partial charge in [-0.2, -0.15) is 0 Å². The van der Waals surface area contributed by atoms with E-state index in [9.17, 15) is 4.79 Å². The van der Waals surface area contributed by atoms with Crippen LogP contribution in [-0.2, 0) is 28.8 Å². The van der Waals surface area contributed by atoms with Crippen LogP contribution in [0.2, 0.25) is 0 Å². The molecule has 0 N–H and O–H groups in total. The summed E-state index contributed by atoms with van der Waals surface area (Å²) in [5.41, 5.74) is 4.45. The van der Waals surface area contributed by atoms with Crippen LogP contribution >= 0.6 is 0 Å². The Balaban J connectivity index is 1.81. The summed E-state index contributed by atoms with van der Waals surface area (Å²) in [4.78, 5) is 17.6. The molecule has 2 aromatic rings. The number of carbonyl (C=O) groups excluding carboxylic acids is 1. The number of carbonyl (C=O) groups is 1. The van der Waals surface area contributed by atoms with Crippen molar-refractivity contribution in [3.63, 3.8) is 0 Å². The maximum Gasteiger partial charge on any atom is 0.302 e. The van der Waals surface area contributed by atoms with E-state index in [1.807, 2.05) is 0 Å². The maximum absolute atomic E-state index is 10.8. The minimum Gasteiger partial charge on any atom is -0.465 e. The van der Waals surface area contributed by atoms with Crippen LogP contribution in [0, 0.1) is 0 Å². The lowest BCUT2D eigenvalue weighted by molar-refractivity contribution is -0.140. The number of rotatable bonds is 3. The fourth-order valence-corrected chi connectivity index (χ4v) is 2.70. The first-order valence-electron chi connectivity index (χ1n) is 7.35. The summed E-state index contributed by atoms with van der Waals surface area (Å²) in [7, 11) is 2.15. The molecule has 2 heterocycles. The molecule has 1 aromatic heterocycles. The predicted octanol–water partition coefficient (Wildman–Crippen LogP) is 1.96. The number of hydrogen-bond donors (Lipinski definition) is 0. The van der Waals surface area contributed by atoms with Crippen molar-refractivity contribution < 1.29 is 13.9 Å². The topological polar surface area (TPSA) is 55.6 Å². The molecule has 0 spiro atoms. The molecule has 1 aliphatic rings. The summed E-state index contributed by atoms with van der Waals surface area (Å²) in [5, 5.41) is 0. The van der Waals surface area contributed by atoms with E-state index in [-0.39, 0.29) is 5.97 Å². The third kappa shape index (κ3) is 3.24. The van der Waals surface area contributed by atoms with E-state index in [2.05, 4.69) is 29.1 Å². The van der Waals surface area contributed by atoms with Gasteiger partial charge in [0.15, 0.2) is 11.5 Å². The van der Waals surface area contributed by atoms with E-state index in [1.165, 1.54) is 18.1 Å². The van der Waals surface area contributed by atoms with Crippen LogP contribution in [0.25, 0.3) is 11.1 Å². The average Bonchev–Trinajstić information content (AvgIpc) is 2.73. The molecular formula is C16H20N2O3. The maximum atomic E-state index is 10.8. The lowest BCUT2D eigenvalue weighted by atomic mass is 10.0. The van der Waals surface area contributed by atoms with Crippen molar-refractivity contribution in [1.29, 1.82) is 0 Å². The number of ether oxygens (including phenoxy) is 1. The molecule has 0 radical (unpaired) electrons. The highest BCUT2D eigenvalue weighted by molar-refractivity contribution is 5.75. The number of esters is 1. The van der Waals surface area contributed by atoms with Crippen LogP contribution in [0.5, 0.6) is 0 Å². The molecule has 0 saturated carbocycles. The Kier molecular flexibility index (Phi) is 3.92. The van der Waals surface area contributed by atoms with Gasteiger partial charge in [-0.15, -0.1) is 0 Å². The van der Waals surface area contributed by atoms with Gasteiger partial charge in [0.1, 0.15) is 5.52 Å². The Morgan fingerprint density at radius 2 is 2.05 bits per heavy atom. The average molecular weight is 288 g/mol. The van der Waals surface area contributed by atoms with Gasteiger partial charge < -0.3 is 14.1 Å². The Bertz CT molecular complexity index is 618. The molecule has 0 bridgehead atoms. The number of oxazole rings is 1. The Morgan fingerprint density at radius 1 is 1.33 bits per heavy atom. The van der Waals surface area contributed by atoms with Crippen molar-refractivity contribution in [1.82, 2.24) is 9.88 Å².